The largest absolute Gasteiger partial charge is 0.496 e. The van der Waals surface area contributed by atoms with Crippen LogP contribution in [0.1, 0.15) is 24.1 Å². The van der Waals surface area contributed by atoms with Crippen LogP contribution in [0.2, 0.25) is 0 Å². The molecule has 0 aliphatic heterocycles. The molecule has 2 heteroatoms. The lowest BCUT2D eigenvalue weighted by Gasteiger charge is -2.21. The summed E-state index contributed by atoms with van der Waals surface area (Å²) in [4.78, 5) is 2.20. The molecule has 0 spiro atoms. The minimum atomic E-state index is 0.444. The van der Waals surface area contributed by atoms with Crippen molar-refractivity contribution in [2.45, 2.75) is 19.9 Å². The van der Waals surface area contributed by atoms with Crippen molar-refractivity contribution in [2.24, 2.45) is 0 Å². The molecular weight excluding hydrogens is 174 g/mol. The van der Waals surface area contributed by atoms with Gasteiger partial charge in [0.1, 0.15) is 5.75 Å². The molecule has 0 fully saturated rings. The molecule has 0 aliphatic rings. The first-order valence-electron chi connectivity index (χ1n) is 4.87. The SMILES string of the molecule is COc1ccc(C(C)N(C)C)cc1C. The highest BCUT2D eigenvalue weighted by Gasteiger charge is 2.08. The van der Waals surface area contributed by atoms with E-state index in [4.69, 9.17) is 4.74 Å². The predicted molar refractivity (Wildman–Crippen MR) is 59.8 cm³/mol. The number of nitrogens with zero attached hydrogens (tertiary/aromatic N) is 1. The number of hydrogen-bond acceptors (Lipinski definition) is 2. The van der Waals surface area contributed by atoms with Gasteiger partial charge in [-0.3, -0.25) is 0 Å². The van der Waals surface area contributed by atoms with Crippen molar-refractivity contribution >= 4 is 0 Å². The Morgan fingerprint density at radius 3 is 2.36 bits per heavy atom. The number of aryl methyl sites for hydroxylation is 1. The average molecular weight is 193 g/mol. The quantitative estimate of drug-likeness (QED) is 0.731. The maximum Gasteiger partial charge on any atom is 0.121 e. The van der Waals surface area contributed by atoms with Gasteiger partial charge >= 0.3 is 0 Å². The molecule has 0 saturated carbocycles. The van der Waals surface area contributed by atoms with Gasteiger partial charge in [0, 0.05) is 6.04 Å². The van der Waals surface area contributed by atoms with Crippen molar-refractivity contribution in [3.8, 4) is 5.75 Å². The van der Waals surface area contributed by atoms with Gasteiger partial charge in [0.15, 0.2) is 0 Å². The van der Waals surface area contributed by atoms with Gasteiger partial charge in [-0.05, 0) is 45.1 Å². The standard InChI is InChI=1S/C12H19NO/c1-9-8-11(10(2)13(3)4)6-7-12(9)14-5/h6-8,10H,1-5H3. The van der Waals surface area contributed by atoms with Crippen LogP contribution in [0.5, 0.6) is 5.75 Å². The van der Waals surface area contributed by atoms with E-state index in [1.54, 1.807) is 7.11 Å². The van der Waals surface area contributed by atoms with Gasteiger partial charge in [-0.15, -0.1) is 0 Å². The van der Waals surface area contributed by atoms with Crippen LogP contribution in [0, 0.1) is 6.92 Å². The van der Waals surface area contributed by atoms with E-state index in [2.05, 4.69) is 45.0 Å². The van der Waals surface area contributed by atoms with Gasteiger partial charge in [0.25, 0.3) is 0 Å². The predicted octanol–water partition coefficient (Wildman–Crippen LogP) is 2.63. The second kappa shape index (κ2) is 4.47. The molecule has 0 aromatic heterocycles. The first-order valence-corrected chi connectivity index (χ1v) is 4.87. The first kappa shape index (κ1) is 11.1. The summed E-state index contributed by atoms with van der Waals surface area (Å²) in [5.74, 6) is 0.958. The normalized spacial score (nSPS) is 13.0. The third kappa shape index (κ3) is 2.26. The highest BCUT2D eigenvalue weighted by molar-refractivity contribution is 5.37. The van der Waals surface area contributed by atoms with Gasteiger partial charge < -0.3 is 9.64 Å². The molecule has 14 heavy (non-hydrogen) atoms. The zero-order valence-corrected chi connectivity index (χ0v) is 9.66. The molecule has 0 saturated heterocycles. The van der Waals surface area contributed by atoms with Crippen LogP contribution < -0.4 is 4.74 Å². The topological polar surface area (TPSA) is 12.5 Å². The van der Waals surface area contributed by atoms with Gasteiger partial charge in [-0.1, -0.05) is 12.1 Å². The van der Waals surface area contributed by atoms with Crippen molar-refractivity contribution in [3.05, 3.63) is 29.3 Å². The molecule has 0 N–H and O–H groups in total. The van der Waals surface area contributed by atoms with Crippen LogP contribution in [-0.4, -0.2) is 26.1 Å². The zero-order chi connectivity index (χ0) is 10.7. The van der Waals surface area contributed by atoms with Crippen molar-refractivity contribution in [1.82, 2.24) is 4.90 Å². The van der Waals surface area contributed by atoms with E-state index < -0.39 is 0 Å². The van der Waals surface area contributed by atoms with Gasteiger partial charge in [-0.25, -0.2) is 0 Å². The van der Waals surface area contributed by atoms with Crippen LogP contribution in [0.4, 0.5) is 0 Å². The molecule has 1 unspecified atom stereocenters. The maximum atomic E-state index is 5.23. The lowest BCUT2D eigenvalue weighted by molar-refractivity contribution is 0.320. The van der Waals surface area contributed by atoms with E-state index >= 15 is 0 Å². The smallest absolute Gasteiger partial charge is 0.121 e. The molecule has 0 aliphatic carbocycles. The van der Waals surface area contributed by atoms with Crippen LogP contribution >= 0.6 is 0 Å². The maximum absolute atomic E-state index is 5.23. The van der Waals surface area contributed by atoms with Crippen molar-refractivity contribution in [3.63, 3.8) is 0 Å². The summed E-state index contributed by atoms with van der Waals surface area (Å²) in [7, 11) is 5.88. The summed E-state index contributed by atoms with van der Waals surface area (Å²) in [6.45, 7) is 4.27. The van der Waals surface area contributed by atoms with Gasteiger partial charge in [0.05, 0.1) is 7.11 Å². The molecule has 1 aromatic rings. The number of ether oxygens (including phenoxy) is 1. The summed E-state index contributed by atoms with van der Waals surface area (Å²) in [5, 5.41) is 0. The Kier molecular flexibility index (Phi) is 3.53. The molecule has 1 rings (SSSR count). The van der Waals surface area contributed by atoms with E-state index in [9.17, 15) is 0 Å². The Hall–Kier alpha value is -1.02. The van der Waals surface area contributed by atoms with Gasteiger partial charge in [0.2, 0.25) is 0 Å². The molecule has 0 radical (unpaired) electrons. The molecule has 0 amide bonds. The number of hydrogen-bond donors (Lipinski definition) is 0. The van der Waals surface area contributed by atoms with Gasteiger partial charge in [-0.2, -0.15) is 0 Å². The van der Waals surface area contributed by atoms with Crippen LogP contribution in [0.3, 0.4) is 0 Å². The average Bonchev–Trinajstić information content (AvgIpc) is 2.16. The van der Waals surface area contributed by atoms with E-state index in [1.807, 2.05) is 6.07 Å². The Morgan fingerprint density at radius 1 is 1.29 bits per heavy atom. The lowest BCUT2D eigenvalue weighted by Crippen LogP contribution is -2.16. The fraction of sp³-hybridized carbons (Fsp3) is 0.500. The van der Waals surface area contributed by atoms with E-state index in [-0.39, 0.29) is 0 Å². The van der Waals surface area contributed by atoms with Crippen molar-refractivity contribution in [1.29, 1.82) is 0 Å². The second-order valence-corrected chi connectivity index (χ2v) is 3.87. The zero-order valence-electron chi connectivity index (χ0n) is 9.66. The number of rotatable bonds is 3. The Balaban J connectivity index is 2.96. The van der Waals surface area contributed by atoms with Crippen molar-refractivity contribution in [2.75, 3.05) is 21.2 Å². The molecule has 0 heterocycles. The fourth-order valence-electron chi connectivity index (χ4n) is 1.46. The Bertz CT molecular complexity index is 307. The molecule has 0 bridgehead atoms. The van der Waals surface area contributed by atoms with Crippen LogP contribution in [0.25, 0.3) is 0 Å². The Labute approximate surface area is 86.5 Å². The van der Waals surface area contributed by atoms with Crippen LogP contribution in [0.15, 0.2) is 18.2 Å². The Morgan fingerprint density at radius 2 is 1.93 bits per heavy atom. The molecule has 1 aromatic carbocycles. The number of methoxy groups -OCH3 is 1. The molecule has 78 valence electrons. The van der Waals surface area contributed by atoms with Crippen molar-refractivity contribution < 1.29 is 4.74 Å². The third-order valence-electron chi connectivity index (χ3n) is 2.68. The monoisotopic (exact) mass is 193 g/mol. The summed E-state index contributed by atoms with van der Waals surface area (Å²) in [6.07, 6.45) is 0. The summed E-state index contributed by atoms with van der Waals surface area (Å²) in [6, 6.07) is 6.78. The fourth-order valence-corrected chi connectivity index (χ4v) is 1.46. The first-order chi connectivity index (χ1) is 6.56. The van der Waals surface area contributed by atoms with E-state index in [1.165, 1.54) is 11.1 Å². The van der Waals surface area contributed by atoms with E-state index in [0.717, 1.165) is 5.75 Å². The molecule has 2 nitrogen and oxygen atoms in total. The lowest BCUT2D eigenvalue weighted by atomic mass is 10.0. The minimum Gasteiger partial charge on any atom is -0.496 e. The molecule has 1 atom stereocenters. The molecular formula is C12H19NO. The second-order valence-electron chi connectivity index (χ2n) is 3.87. The highest BCUT2D eigenvalue weighted by Crippen LogP contribution is 2.24. The minimum absolute atomic E-state index is 0.444. The summed E-state index contributed by atoms with van der Waals surface area (Å²) < 4.78 is 5.23. The summed E-state index contributed by atoms with van der Waals surface area (Å²) >= 11 is 0. The summed E-state index contributed by atoms with van der Waals surface area (Å²) in [5.41, 5.74) is 2.52. The number of benzene rings is 1. The van der Waals surface area contributed by atoms with Crippen LogP contribution in [-0.2, 0) is 0 Å². The highest BCUT2D eigenvalue weighted by atomic mass is 16.5. The third-order valence-corrected chi connectivity index (χ3v) is 2.68. The van der Waals surface area contributed by atoms with E-state index in [0.29, 0.717) is 6.04 Å².